The van der Waals surface area contributed by atoms with Crippen LogP contribution in [0.15, 0.2) is 29.3 Å². The van der Waals surface area contributed by atoms with E-state index in [2.05, 4.69) is 45.2 Å². The number of aliphatic imine (C=N–C) groups is 1. The minimum absolute atomic E-state index is 0. The molecular formula is C18H31IN4O2. The van der Waals surface area contributed by atoms with Crippen LogP contribution in [-0.2, 0) is 22.7 Å². The first-order valence-corrected chi connectivity index (χ1v) is 8.25. The molecule has 0 aliphatic heterocycles. The third-order valence-corrected chi connectivity index (χ3v) is 3.11. The summed E-state index contributed by atoms with van der Waals surface area (Å²) in [6.45, 7) is 10.0. The van der Waals surface area contributed by atoms with E-state index in [4.69, 9.17) is 4.74 Å². The quantitative estimate of drug-likeness (QED) is 0.331. The number of carbonyl (C=O) groups is 1. The highest BCUT2D eigenvalue weighted by Gasteiger charge is 2.13. The predicted molar refractivity (Wildman–Crippen MR) is 113 cm³/mol. The highest BCUT2D eigenvalue weighted by Crippen LogP contribution is 2.05. The number of nitrogens with one attached hydrogen (secondary N) is 3. The maximum absolute atomic E-state index is 11.8. The summed E-state index contributed by atoms with van der Waals surface area (Å²) in [5, 5.41) is 9.10. The molecule has 0 atom stereocenters. The molecule has 0 aliphatic rings. The molecule has 7 heteroatoms. The number of rotatable bonds is 7. The van der Waals surface area contributed by atoms with Crippen LogP contribution in [0.1, 0.15) is 38.8 Å². The topological polar surface area (TPSA) is 74.8 Å². The Hall–Kier alpha value is -1.35. The van der Waals surface area contributed by atoms with E-state index in [0.717, 1.165) is 11.1 Å². The first kappa shape index (κ1) is 23.6. The van der Waals surface area contributed by atoms with Crippen molar-refractivity contribution in [2.45, 2.75) is 46.4 Å². The lowest BCUT2D eigenvalue weighted by molar-refractivity contribution is -0.121. The minimum atomic E-state index is -0.237. The second-order valence-electron chi connectivity index (χ2n) is 6.53. The van der Waals surface area contributed by atoms with Gasteiger partial charge in [-0.15, -0.1) is 24.0 Å². The third kappa shape index (κ3) is 11.0. The van der Waals surface area contributed by atoms with Crippen molar-refractivity contribution in [1.82, 2.24) is 16.0 Å². The van der Waals surface area contributed by atoms with Crippen molar-refractivity contribution in [3.8, 4) is 0 Å². The van der Waals surface area contributed by atoms with Crippen LogP contribution in [0, 0.1) is 0 Å². The average Bonchev–Trinajstić information content (AvgIpc) is 2.52. The number of ether oxygens (including phenoxy) is 1. The Morgan fingerprint density at radius 2 is 1.72 bits per heavy atom. The van der Waals surface area contributed by atoms with Crippen LogP contribution in [0.4, 0.5) is 0 Å². The Morgan fingerprint density at radius 1 is 1.12 bits per heavy atom. The fourth-order valence-electron chi connectivity index (χ4n) is 2.01. The number of amides is 1. The van der Waals surface area contributed by atoms with Gasteiger partial charge >= 0.3 is 0 Å². The molecule has 0 fully saturated rings. The molecule has 0 radical (unpaired) electrons. The molecule has 0 spiro atoms. The van der Waals surface area contributed by atoms with Crippen LogP contribution in [0.5, 0.6) is 0 Å². The average molecular weight is 462 g/mol. The number of hydrogen-bond acceptors (Lipinski definition) is 3. The summed E-state index contributed by atoms with van der Waals surface area (Å²) in [5.74, 6) is 0.531. The fraction of sp³-hybridized carbons (Fsp3) is 0.556. The van der Waals surface area contributed by atoms with Crippen molar-refractivity contribution in [3.63, 3.8) is 0 Å². The molecule has 0 aliphatic carbocycles. The maximum atomic E-state index is 11.8. The molecule has 6 nitrogen and oxygen atoms in total. The Bertz CT molecular complexity index is 539. The van der Waals surface area contributed by atoms with E-state index in [-0.39, 0.29) is 42.0 Å². The van der Waals surface area contributed by atoms with Crippen molar-refractivity contribution < 1.29 is 9.53 Å². The summed E-state index contributed by atoms with van der Waals surface area (Å²) in [4.78, 5) is 15.9. The van der Waals surface area contributed by atoms with Gasteiger partial charge < -0.3 is 20.7 Å². The Kier molecular flexibility index (Phi) is 11.4. The zero-order valence-electron chi connectivity index (χ0n) is 15.8. The number of carbonyl (C=O) groups excluding carboxylic acids is 1. The molecule has 0 saturated carbocycles. The van der Waals surface area contributed by atoms with E-state index >= 15 is 0 Å². The monoisotopic (exact) mass is 462 g/mol. The van der Waals surface area contributed by atoms with Gasteiger partial charge in [-0.3, -0.25) is 9.79 Å². The summed E-state index contributed by atoms with van der Waals surface area (Å²) in [6.07, 6.45) is 0. The number of hydrogen-bond donors (Lipinski definition) is 3. The molecular weight excluding hydrogens is 431 g/mol. The lowest BCUT2D eigenvalue weighted by atomic mass is 10.1. The second kappa shape index (κ2) is 12.1. The largest absolute Gasteiger partial charge is 0.377 e. The molecule has 0 aromatic heterocycles. The zero-order chi connectivity index (χ0) is 18.0. The van der Waals surface area contributed by atoms with Crippen LogP contribution < -0.4 is 16.0 Å². The molecule has 0 bridgehead atoms. The first-order chi connectivity index (χ1) is 11.3. The number of halogens is 1. The van der Waals surface area contributed by atoms with Gasteiger partial charge in [-0.2, -0.15) is 0 Å². The Balaban J connectivity index is 0.00000576. The van der Waals surface area contributed by atoms with E-state index < -0.39 is 0 Å². The molecule has 0 saturated heterocycles. The van der Waals surface area contributed by atoms with Crippen molar-refractivity contribution in [3.05, 3.63) is 35.4 Å². The molecule has 1 aromatic carbocycles. The number of nitrogens with zero attached hydrogens (tertiary/aromatic N) is 1. The molecule has 3 N–H and O–H groups in total. The summed E-state index contributed by atoms with van der Waals surface area (Å²) < 4.78 is 5.38. The van der Waals surface area contributed by atoms with Gasteiger partial charge in [0.25, 0.3) is 0 Å². The molecule has 142 valence electrons. The standard InChI is InChI=1S/C18H30N4O2.HI/c1-6-24-13-15-9-7-14(8-10-15)11-20-17(19-5)21-12-16(23)22-18(2,3)4;/h7-10H,6,11-13H2,1-5H3,(H,22,23)(H2,19,20,21);1H. The molecule has 1 amide bonds. The summed E-state index contributed by atoms with van der Waals surface area (Å²) >= 11 is 0. The molecule has 0 unspecified atom stereocenters. The summed E-state index contributed by atoms with van der Waals surface area (Å²) in [6, 6.07) is 8.22. The fourth-order valence-corrected chi connectivity index (χ4v) is 2.01. The Morgan fingerprint density at radius 3 is 2.24 bits per heavy atom. The second-order valence-corrected chi connectivity index (χ2v) is 6.53. The summed E-state index contributed by atoms with van der Waals surface area (Å²) in [7, 11) is 1.68. The van der Waals surface area contributed by atoms with E-state index in [0.29, 0.717) is 25.7 Å². The highest BCUT2D eigenvalue weighted by atomic mass is 127. The van der Waals surface area contributed by atoms with Crippen LogP contribution >= 0.6 is 24.0 Å². The SMILES string of the molecule is CCOCc1ccc(CNC(=NC)NCC(=O)NC(C)(C)C)cc1.I. The maximum Gasteiger partial charge on any atom is 0.239 e. The van der Waals surface area contributed by atoms with Gasteiger partial charge in [0.05, 0.1) is 13.2 Å². The third-order valence-electron chi connectivity index (χ3n) is 3.11. The lowest BCUT2D eigenvalue weighted by Crippen LogP contribution is -2.48. The van der Waals surface area contributed by atoms with E-state index in [1.165, 1.54) is 0 Å². The predicted octanol–water partition coefficient (Wildman–Crippen LogP) is 2.42. The van der Waals surface area contributed by atoms with Crippen molar-refractivity contribution in [2.75, 3.05) is 20.2 Å². The van der Waals surface area contributed by atoms with Gasteiger partial charge in [-0.25, -0.2) is 0 Å². The zero-order valence-corrected chi connectivity index (χ0v) is 18.1. The van der Waals surface area contributed by atoms with Crippen LogP contribution in [0.2, 0.25) is 0 Å². The van der Waals surface area contributed by atoms with Crippen LogP contribution in [-0.4, -0.2) is 37.6 Å². The first-order valence-electron chi connectivity index (χ1n) is 8.25. The lowest BCUT2D eigenvalue weighted by Gasteiger charge is -2.21. The van der Waals surface area contributed by atoms with Gasteiger partial charge in [0.1, 0.15) is 0 Å². The van der Waals surface area contributed by atoms with E-state index in [1.54, 1.807) is 7.05 Å². The molecule has 1 aromatic rings. The number of guanidine groups is 1. The van der Waals surface area contributed by atoms with Gasteiger partial charge in [0.15, 0.2) is 5.96 Å². The molecule has 25 heavy (non-hydrogen) atoms. The van der Waals surface area contributed by atoms with Gasteiger partial charge in [0, 0.05) is 25.7 Å². The highest BCUT2D eigenvalue weighted by molar-refractivity contribution is 14.0. The minimum Gasteiger partial charge on any atom is -0.377 e. The van der Waals surface area contributed by atoms with Crippen molar-refractivity contribution in [2.24, 2.45) is 4.99 Å². The van der Waals surface area contributed by atoms with Crippen molar-refractivity contribution >= 4 is 35.8 Å². The normalized spacial score (nSPS) is 11.5. The molecule has 1 rings (SSSR count). The van der Waals surface area contributed by atoms with Gasteiger partial charge in [-0.05, 0) is 38.8 Å². The van der Waals surface area contributed by atoms with Crippen LogP contribution in [0.25, 0.3) is 0 Å². The summed E-state index contributed by atoms with van der Waals surface area (Å²) in [5.41, 5.74) is 2.05. The van der Waals surface area contributed by atoms with E-state index in [1.807, 2.05) is 27.7 Å². The Labute approximate surface area is 168 Å². The van der Waals surface area contributed by atoms with Crippen molar-refractivity contribution in [1.29, 1.82) is 0 Å². The van der Waals surface area contributed by atoms with Crippen LogP contribution in [0.3, 0.4) is 0 Å². The van der Waals surface area contributed by atoms with E-state index in [9.17, 15) is 4.79 Å². The smallest absolute Gasteiger partial charge is 0.239 e. The molecule has 0 heterocycles. The number of benzene rings is 1. The van der Waals surface area contributed by atoms with Gasteiger partial charge in [-0.1, -0.05) is 24.3 Å². The van der Waals surface area contributed by atoms with Gasteiger partial charge in [0.2, 0.25) is 5.91 Å².